The predicted octanol–water partition coefficient (Wildman–Crippen LogP) is 3.92. The molecule has 0 aliphatic carbocycles. The van der Waals surface area contributed by atoms with Gasteiger partial charge in [-0.1, -0.05) is 42.5 Å². The molecule has 0 aliphatic rings. The van der Waals surface area contributed by atoms with Gasteiger partial charge in [-0.25, -0.2) is 0 Å². The van der Waals surface area contributed by atoms with Crippen molar-refractivity contribution in [2.75, 3.05) is 12.8 Å². The molecule has 0 spiro atoms. The summed E-state index contributed by atoms with van der Waals surface area (Å²) >= 11 is 1.68. The molecule has 2 aromatic rings. The third kappa shape index (κ3) is 7.16. The molecule has 0 fully saturated rings. The molecule has 1 atom stereocenters. The lowest BCUT2D eigenvalue weighted by Gasteiger charge is -2.23. The molecular weight excluding hydrogens is 330 g/mol. The molecule has 4 heteroatoms. The minimum Gasteiger partial charge on any atom is -0.388 e. The van der Waals surface area contributed by atoms with E-state index in [1.165, 1.54) is 16.5 Å². The molecule has 0 bridgehead atoms. The Kier molecular flexibility index (Phi) is 7.29. The van der Waals surface area contributed by atoms with Gasteiger partial charge in [-0.2, -0.15) is 0 Å². The Balaban J connectivity index is 1.78. The Morgan fingerprint density at radius 3 is 2.48 bits per heavy atom. The minimum absolute atomic E-state index is 0.200. The molecule has 1 amide bonds. The third-order valence-corrected chi connectivity index (χ3v) is 4.73. The standard InChI is InChI=1S/C21H25NO2S/c1-21(24,15-14-17-6-4-3-5-7-17)16-22-20(23)13-10-18-8-11-19(25-2)12-9-18/h3-13,24H,14-16H2,1-2H3,(H,22,23). The number of carbonyl (C=O) groups is 1. The van der Waals surface area contributed by atoms with Crippen LogP contribution in [0, 0.1) is 0 Å². The van der Waals surface area contributed by atoms with Gasteiger partial charge in [-0.05, 0) is 55.4 Å². The molecule has 0 aliphatic heterocycles. The lowest BCUT2D eigenvalue weighted by molar-refractivity contribution is -0.117. The van der Waals surface area contributed by atoms with Crippen molar-refractivity contribution in [2.45, 2.75) is 30.3 Å². The maximum Gasteiger partial charge on any atom is 0.244 e. The van der Waals surface area contributed by atoms with Gasteiger partial charge in [0, 0.05) is 17.5 Å². The zero-order valence-corrected chi connectivity index (χ0v) is 15.6. The molecule has 0 radical (unpaired) electrons. The summed E-state index contributed by atoms with van der Waals surface area (Å²) in [7, 11) is 0. The van der Waals surface area contributed by atoms with Crippen molar-refractivity contribution in [3.05, 3.63) is 71.8 Å². The average Bonchev–Trinajstić information content (AvgIpc) is 2.64. The molecule has 25 heavy (non-hydrogen) atoms. The first-order valence-corrected chi connectivity index (χ1v) is 9.57. The molecule has 132 valence electrons. The van der Waals surface area contributed by atoms with E-state index in [9.17, 15) is 9.90 Å². The predicted molar refractivity (Wildman–Crippen MR) is 106 cm³/mol. The van der Waals surface area contributed by atoms with E-state index < -0.39 is 5.60 Å². The first-order chi connectivity index (χ1) is 12.0. The van der Waals surface area contributed by atoms with Crippen molar-refractivity contribution in [2.24, 2.45) is 0 Å². The summed E-state index contributed by atoms with van der Waals surface area (Å²) < 4.78 is 0. The van der Waals surface area contributed by atoms with E-state index in [2.05, 4.69) is 5.32 Å². The molecule has 0 aromatic heterocycles. The third-order valence-electron chi connectivity index (χ3n) is 3.98. The van der Waals surface area contributed by atoms with E-state index in [0.717, 1.165) is 12.0 Å². The number of nitrogens with one attached hydrogen (secondary N) is 1. The van der Waals surface area contributed by atoms with E-state index in [0.29, 0.717) is 6.42 Å². The van der Waals surface area contributed by atoms with Crippen LogP contribution >= 0.6 is 11.8 Å². The number of carbonyl (C=O) groups excluding carboxylic acids is 1. The second kappa shape index (κ2) is 9.44. The van der Waals surface area contributed by atoms with Crippen LogP contribution in [0.1, 0.15) is 24.5 Å². The number of amides is 1. The molecule has 3 nitrogen and oxygen atoms in total. The summed E-state index contributed by atoms with van der Waals surface area (Å²) in [5.41, 5.74) is 1.23. The highest BCUT2D eigenvalue weighted by Crippen LogP contribution is 2.16. The van der Waals surface area contributed by atoms with Crippen LogP contribution in [0.25, 0.3) is 6.08 Å². The Bertz CT molecular complexity index is 694. The molecule has 0 saturated carbocycles. The number of aryl methyl sites for hydroxylation is 1. The minimum atomic E-state index is -0.931. The van der Waals surface area contributed by atoms with Crippen LogP contribution in [-0.4, -0.2) is 29.4 Å². The van der Waals surface area contributed by atoms with Crippen LogP contribution in [-0.2, 0) is 11.2 Å². The van der Waals surface area contributed by atoms with Crippen LogP contribution in [0.4, 0.5) is 0 Å². The fourth-order valence-electron chi connectivity index (χ4n) is 2.37. The fraction of sp³-hybridized carbons (Fsp3) is 0.286. The highest BCUT2D eigenvalue weighted by atomic mass is 32.2. The normalized spacial score (nSPS) is 13.6. The smallest absolute Gasteiger partial charge is 0.244 e. The number of hydrogen-bond donors (Lipinski definition) is 2. The number of rotatable bonds is 8. The number of benzene rings is 2. The molecule has 0 heterocycles. The van der Waals surface area contributed by atoms with Gasteiger partial charge in [0.05, 0.1) is 5.60 Å². The van der Waals surface area contributed by atoms with Gasteiger partial charge in [-0.15, -0.1) is 11.8 Å². The summed E-state index contributed by atoms with van der Waals surface area (Å²) in [5, 5.41) is 13.2. The van der Waals surface area contributed by atoms with Gasteiger partial charge in [0.25, 0.3) is 0 Å². The molecule has 2 rings (SSSR count). The van der Waals surface area contributed by atoms with Gasteiger partial charge in [0.2, 0.25) is 5.91 Å². The summed E-state index contributed by atoms with van der Waals surface area (Å²) in [6, 6.07) is 18.0. The first-order valence-electron chi connectivity index (χ1n) is 8.35. The van der Waals surface area contributed by atoms with E-state index in [1.54, 1.807) is 24.8 Å². The van der Waals surface area contributed by atoms with Crippen molar-refractivity contribution in [1.29, 1.82) is 0 Å². The Morgan fingerprint density at radius 2 is 1.84 bits per heavy atom. The molecule has 0 saturated heterocycles. The van der Waals surface area contributed by atoms with Gasteiger partial charge < -0.3 is 10.4 Å². The van der Waals surface area contributed by atoms with Crippen LogP contribution < -0.4 is 5.32 Å². The van der Waals surface area contributed by atoms with Crippen molar-refractivity contribution < 1.29 is 9.90 Å². The highest BCUT2D eigenvalue weighted by Gasteiger charge is 2.20. The van der Waals surface area contributed by atoms with Crippen molar-refractivity contribution in [3.8, 4) is 0 Å². The second-order valence-electron chi connectivity index (χ2n) is 6.31. The van der Waals surface area contributed by atoms with Gasteiger partial charge in [0.15, 0.2) is 0 Å². The molecular formula is C21H25NO2S. The molecule has 1 unspecified atom stereocenters. The Labute approximate surface area is 154 Å². The molecule has 2 N–H and O–H groups in total. The summed E-state index contributed by atoms with van der Waals surface area (Å²) in [4.78, 5) is 13.1. The Morgan fingerprint density at radius 1 is 1.16 bits per heavy atom. The topological polar surface area (TPSA) is 49.3 Å². The summed E-state index contributed by atoms with van der Waals surface area (Å²) in [6.45, 7) is 1.98. The number of thioether (sulfide) groups is 1. The quantitative estimate of drug-likeness (QED) is 0.557. The summed E-state index contributed by atoms with van der Waals surface area (Å²) in [6.07, 6.45) is 6.68. The van der Waals surface area contributed by atoms with E-state index in [-0.39, 0.29) is 12.5 Å². The van der Waals surface area contributed by atoms with Gasteiger partial charge >= 0.3 is 0 Å². The number of aliphatic hydroxyl groups is 1. The van der Waals surface area contributed by atoms with E-state index in [1.807, 2.05) is 60.9 Å². The van der Waals surface area contributed by atoms with Crippen molar-refractivity contribution in [1.82, 2.24) is 5.32 Å². The van der Waals surface area contributed by atoms with E-state index >= 15 is 0 Å². The van der Waals surface area contributed by atoms with Gasteiger partial charge in [0.1, 0.15) is 0 Å². The lowest BCUT2D eigenvalue weighted by atomic mass is 9.97. The zero-order chi connectivity index (χ0) is 18.1. The SMILES string of the molecule is CSc1ccc(C=CC(=O)NCC(C)(O)CCc2ccccc2)cc1. The fourth-order valence-corrected chi connectivity index (χ4v) is 2.78. The van der Waals surface area contributed by atoms with Gasteiger partial charge in [-0.3, -0.25) is 4.79 Å². The maximum absolute atomic E-state index is 11.9. The zero-order valence-electron chi connectivity index (χ0n) is 14.7. The van der Waals surface area contributed by atoms with E-state index in [4.69, 9.17) is 0 Å². The van der Waals surface area contributed by atoms with Crippen LogP contribution in [0.5, 0.6) is 0 Å². The van der Waals surface area contributed by atoms with Crippen molar-refractivity contribution >= 4 is 23.7 Å². The first kappa shape index (κ1) is 19.3. The average molecular weight is 356 g/mol. The maximum atomic E-state index is 11.9. The highest BCUT2D eigenvalue weighted by molar-refractivity contribution is 7.98. The van der Waals surface area contributed by atoms with Crippen molar-refractivity contribution in [3.63, 3.8) is 0 Å². The van der Waals surface area contributed by atoms with Crippen LogP contribution in [0.3, 0.4) is 0 Å². The van der Waals surface area contributed by atoms with Crippen LogP contribution in [0.15, 0.2) is 65.6 Å². The number of hydrogen-bond acceptors (Lipinski definition) is 3. The second-order valence-corrected chi connectivity index (χ2v) is 7.19. The molecule has 2 aromatic carbocycles. The monoisotopic (exact) mass is 355 g/mol. The van der Waals surface area contributed by atoms with Crippen LogP contribution in [0.2, 0.25) is 0 Å². The Hall–Kier alpha value is -2.04. The largest absolute Gasteiger partial charge is 0.388 e. The summed E-state index contributed by atoms with van der Waals surface area (Å²) in [5.74, 6) is -0.200. The lowest BCUT2D eigenvalue weighted by Crippen LogP contribution is -2.40.